The highest BCUT2D eigenvalue weighted by atomic mass is 16.3. The maximum atomic E-state index is 12.6. The molecular weight excluding hydrogens is 272 g/mol. The molecule has 4 rings (SSSR count). The summed E-state index contributed by atoms with van der Waals surface area (Å²) in [5.74, 6) is 2.02. The normalized spacial score (nSPS) is 36.4. The summed E-state index contributed by atoms with van der Waals surface area (Å²) in [4.78, 5) is 12.6. The first-order chi connectivity index (χ1) is 10.5. The van der Waals surface area contributed by atoms with E-state index in [1.54, 1.807) is 17.7 Å². The van der Waals surface area contributed by atoms with E-state index in [2.05, 4.69) is 19.9 Å². The monoisotopic (exact) mass is 296 g/mol. The number of Topliss-reactive ketones (excluding diaryl/α,β-unsaturated/α-hetero) is 1. The highest BCUT2D eigenvalue weighted by Crippen LogP contribution is 2.61. The summed E-state index contributed by atoms with van der Waals surface area (Å²) >= 11 is 0. The molecule has 116 valence electrons. The largest absolute Gasteiger partial charge is 0.508 e. The van der Waals surface area contributed by atoms with E-state index in [4.69, 9.17) is 0 Å². The van der Waals surface area contributed by atoms with Gasteiger partial charge in [-0.05, 0) is 66.5 Å². The summed E-state index contributed by atoms with van der Waals surface area (Å²) in [6.07, 6.45) is 7.79. The lowest BCUT2D eigenvalue weighted by Crippen LogP contribution is -2.42. The molecule has 0 aliphatic heterocycles. The van der Waals surface area contributed by atoms with Crippen molar-refractivity contribution in [2.45, 2.75) is 51.9 Å². The van der Waals surface area contributed by atoms with Crippen LogP contribution in [0.1, 0.15) is 67.8 Å². The van der Waals surface area contributed by atoms with Crippen LogP contribution in [-0.4, -0.2) is 10.9 Å². The number of phenolic OH excluding ortho intramolecular Hbond substituents is 1. The summed E-state index contributed by atoms with van der Waals surface area (Å²) in [5.41, 5.74) is 3.88. The number of benzene rings is 1. The van der Waals surface area contributed by atoms with Gasteiger partial charge in [-0.1, -0.05) is 31.6 Å². The smallest absolute Gasteiger partial charge is 0.163 e. The Hall–Kier alpha value is -1.57. The van der Waals surface area contributed by atoms with Crippen molar-refractivity contribution in [1.29, 1.82) is 0 Å². The van der Waals surface area contributed by atoms with E-state index in [-0.39, 0.29) is 11.5 Å². The van der Waals surface area contributed by atoms with Gasteiger partial charge in [0.1, 0.15) is 5.75 Å². The van der Waals surface area contributed by atoms with Crippen molar-refractivity contribution in [3.05, 3.63) is 41.0 Å². The molecule has 0 saturated heterocycles. The molecule has 1 N–H and O–H groups in total. The number of carbonyl (C=O) groups excluding carboxylic acids is 1. The number of hydrogen-bond acceptors (Lipinski definition) is 2. The Balaban J connectivity index is 1.75. The van der Waals surface area contributed by atoms with Crippen LogP contribution >= 0.6 is 0 Å². The average molecular weight is 296 g/mol. The SMILES string of the molecule is CCC1=CCC2C3CC(=O)c4cc(O)ccc4C3CC[C@]12C. The number of carbonyl (C=O) groups is 1. The zero-order valence-electron chi connectivity index (χ0n) is 13.4. The van der Waals surface area contributed by atoms with Gasteiger partial charge in [0.25, 0.3) is 0 Å². The Morgan fingerprint density at radius 1 is 1.36 bits per heavy atom. The second-order valence-electron chi connectivity index (χ2n) is 7.55. The molecule has 3 aliphatic carbocycles. The average Bonchev–Trinajstić information content (AvgIpc) is 2.84. The molecular formula is C20H24O2. The molecule has 1 aromatic rings. The van der Waals surface area contributed by atoms with Crippen molar-refractivity contribution in [2.24, 2.45) is 17.3 Å². The summed E-state index contributed by atoms with van der Waals surface area (Å²) in [7, 11) is 0. The second-order valence-corrected chi connectivity index (χ2v) is 7.55. The van der Waals surface area contributed by atoms with Crippen LogP contribution in [0.25, 0.3) is 0 Å². The van der Waals surface area contributed by atoms with Gasteiger partial charge in [-0.2, -0.15) is 0 Å². The molecule has 3 aliphatic rings. The zero-order valence-corrected chi connectivity index (χ0v) is 13.4. The number of aromatic hydroxyl groups is 1. The van der Waals surface area contributed by atoms with Crippen molar-refractivity contribution in [3.63, 3.8) is 0 Å². The van der Waals surface area contributed by atoms with Gasteiger partial charge in [0, 0.05) is 12.0 Å². The van der Waals surface area contributed by atoms with Gasteiger partial charge in [0.15, 0.2) is 5.78 Å². The van der Waals surface area contributed by atoms with Gasteiger partial charge in [-0.15, -0.1) is 0 Å². The molecule has 22 heavy (non-hydrogen) atoms. The van der Waals surface area contributed by atoms with Crippen molar-refractivity contribution in [2.75, 3.05) is 0 Å². The molecule has 0 amide bonds. The summed E-state index contributed by atoms with van der Waals surface area (Å²) < 4.78 is 0. The van der Waals surface area contributed by atoms with E-state index in [1.807, 2.05) is 6.07 Å². The molecule has 1 aromatic carbocycles. The van der Waals surface area contributed by atoms with Gasteiger partial charge in [0.05, 0.1) is 0 Å². The Morgan fingerprint density at radius 2 is 2.18 bits per heavy atom. The predicted octanol–water partition coefficient (Wildman–Crippen LogP) is 4.83. The van der Waals surface area contributed by atoms with Crippen LogP contribution < -0.4 is 0 Å². The lowest BCUT2D eigenvalue weighted by molar-refractivity contribution is 0.0612. The van der Waals surface area contributed by atoms with Crippen molar-refractivity contribution in [3.8, 4) is 5.75 Å². The molecule has 2 nitrogen and oxygen atoms in total. The molecule has 0 radical (unpaired) electrons. The fraction of sp³-hybridized carbons (Fsp3) is 0.550. The van der Waals surface area contributed by atoms with Gasteiger partial charge < -0.3 is 5.11 Å². The van der Waals surface area contributed by atoms with E-state index >= 15 is 0 Å². The fourth-order valence-electron chi connectivity index (χ4n) is 5.60. The van der Waals surface area contributed by atoms with E-state index < -0.39 is 0 Å². The van der Waals surface area contributed by atoms with Crippen LogP contribution in [0.4, 0.5) is 0 Å². The third kappa shape index (κ3) is 1.76. The molecule has 0 heterocycles. The molecule has 0 spiro atoms. The summed E-state index contributed by atoms with van der Waals surface area (Å²) in [6.45, 7) is 4.68. The number of allylic oxidation sites excluding steroid dienone is 2. The minimum Gasteiger partial charge on any atom is -0.508 e. The van der Waals surface area contributed by atoms with Gasteiger partial charge in [0.2, 0.25) is 0 Å². The molecule has 1 saturated carbocycles. The highest BCUT2D eigenvalue weighted by molar-refractivity contribution is 5.99. The number of ketones is 1. The van der Waals surface area contributed by atoms with Crippen molar-refractivity contribution >= 4 is 5.78 Å². The Morgan fingerprint density at radius 3 is 2.95 bits per heavy atom. The molecule has 1 fully saturated rings. The Labute approximate surface area is 132 Å². The lowest BCUT2D eigenvalue weighted by Gasteiger charge is -2.50. The number of hydrogen-bond donors (Lipinski definition) is 1. The first kappa shape index (κ1) is 14.0. The number of fused-ring (bicyclic) bond motifs is 5. The van der Waals surface area contributed by atoms with Crippen LogP contribution in [0.3, 0.4) is 0 Å². The summed E-state index contributed by atoms with van der Waals surface area (Å²) in [6, 6.07) is 5.41. The van der Waals surface area contributed by atoms with E-state index in [1.165, 1.54) is 18.4 Å². The van der Waals surface area contributed by atoms with Crippen LogP contribution in [-0.2, 0) is 0 Å². The molecule has 2 heteroatoms. The second kappa shape index (κ2) is 4.71. The molecule has 3 unspecified atom stereocenters. The topological polar surface area (TPSA) is 37.3 Å². The van der Waals surface area contributed by atoms with Crippen LogP contribution in [0.2, 0.25) is 0 Å². The van der Waals surface area contributed by atoms with Crippen LogP contribution in [0.5, 0.6) is 5.75 Å². The van der Waals surface area contributed by atoms with Crippen molar-refractivity contribution < 1.29 is 9.90 Å². The van der Waals surface area contributed by atoms with Crippen LogP contribution in [0, 0.1) is 17.3 Å². The number of phenols is 1. The zero-order chi connectivity index (χ0) is 15.5. The first-order valence-electron chi connectivity index (χ1n) is 8.60. The van der Waals surface area contributed by atoms with E-state index in [9.17, 15) is 9.90 Å². The van der Waals surface area contributed by atoms with Gasteiger partial charge in [-0.25, -0.2) is 0 Å². The van der Waals surface area contributed by atoms with Crippen molar-refractivity contribution in [1.82, 2.24) is 0 Å². The minimum absolute atomic E-state index is 0.210. The van der Waals surface area contributed by atoms with Crippen LogP contribution in [0.15, 0.2) is 29.8 Å². The molecule has 0 bridgehead atoms. The predicted molar refractivity (Wildman–Crippen MR) is 87.1 cm³/mol. The lowest BCUT2D eigenvalue weighted by atomic mass is 9.54. The maximum Gasteiger partial charge on any atom is 0.163 e. The quantitative estimate of drug-likeness (QED) is 0.753. The van der Waals surface area contributed by atoms with E-state index in [0.29, 0.717) is 29.6 Å². The highest BCUT2D eigenvalue weighted by Gasteiger charge is 2.52. The van der Waals surface area contributed by atoms with Gasteiger partial charge in [-0.3, -0.25) is 4.79 Å². The third-order valence-electron chi connectivity index (χ3n) is 6.72. The maximum absolute atomic E-state index is 12.6. The van der Waals surface area contributed by atoms with Gasteiger partial charge >= 0.3 is 0 Å². The fourth-order valence-corrected chi connectivity index (χ4v) is 5.60. The summed E-state index contributed by atoms with van der Waals surface area (Å²) in [5, 5.41) is 9.70. The standard InChI is InChI=1S/C20H24O2/c1-3-12-4-7-18-16-11-19(22)17-10-13(21)5-6-14(17)15(16)8-9-20(12,18)2/h4-6,10,15-16,18,21H,3,7-9,11H2,1-2H3/t15?,16?,18?,20-/m1/s1. The van der Waals surface area contributed by atoms with E-state index in [0.717, 1.165) is 18.4 Å². The number of rotatable bonds is 1. The Bertz CT molecular complexity index is 672. The minimum atomic E-state index is 0.210. The first-order valence-corrected chi connectivity index (χ1v) is 8.60. The molecule has 4 atom stereocenters. The third-order valence-corrected chi connectivity index (χ3v) is 6.72. The Kier molecular flexibility index (Phi) is 3.01. The molecule has 0 aromatic heterocycles.